The monoisotopic (exact) mass is 261 g/mol. The molecule has 0 bridgehead atoms. The van der Waals surface area contributed by atoms with Gasteiger partial charge in [-0.05, 0) is 0 Å². The second-order valence-electron chi connectivity index (χ2n) is 2.27. The van der Waals surface area contributed by atoms with Crippen LogP contribution in [0.4, 0.5) is 0 Å². The molecule has 0 aromatic heterocycles. The van der Waals surface area contributed by atoms with Gasteiger partial charge in [0.1, 0.15) is 6.10 Å². The number of phosphoric ester groups is 1. The van der Waals surface area contributed by atoms with Gasteiger partial charge in [-0.2, -0.15) is 0 Å². The summed E-state index contributed by atoms with van der Waals surface area (Å²) in [5.41, 5.74) is 0. The Kier molecular flexibility index (Phi) is 20.5. The van der Waals surface area contributed by atoms with E-state index in [1.165, 1.54) is 14.2 Å². The molecule has 7 heteroatoms. The molecule has 0 rings (SSSR count). The van der Waals surface area contributed by atoms with Crippen molar-refractivity contribution in [1.82, 2.24) is 0 Å². The van der Waals surface area contributed by atoms with E-state index in [1.54, 1.807) is 0 Å². The van der Waals surface area contributed by atoms with E-state index in [1.807, 2.05) is 0 Å². The Morgan fingerprint density at radius 1 is 1.06 bits per heavy atom. The van der Waals surface area contributed by atoms with Crippen molar-refractivity contribution < 1.29 is 28.0 Å². The van der Waals surface area contributed by atoms with Crippen molar-refractivity contribution in [3.8, 4) is 0 Å². The first-order chi connectivity index (χ1) is 6.05. The van der Waals surface area contributed by atoms with E-state index in [0.29, 0.717) is 0 Å². The molecule has 0 aromatic rings. The molecule has 0 heterocycles. The molecule has 0 aliphatic heterocycles. The molecule has 0 radical (unpaired) electrons. The first-order valence-electron chi connectivity index (χ1n) is 3.58. The molecule has 1 atom stereocenters. The lowest BCUT2D eigenvalue weighted by Crippen LogP contribution is -2.26. The van der Waals surface area contributed by atoms with Crippen LogP contribution >= 0.6 is 7.82 Å². The summed E-state index contributed by atoms with van der Waals surface area (Å²) in [4.78, 5) is 10.8. The number of hydrogen-bond donors (Lipinski definition) is 0. The highest BCUT2D eigenvalue weighted by molar-refractivity contribution is 7.45. The molecule has 0 N–H and O–H groups in total. The van der Waals surface area contributed by atoms with Gasteiger partial charge in [0.05, 0.1) is 13.2 Å². The van der Waals surface area contributed by atoms with Crippen LogP contribution in [0.5, 0.6) is 0 Å². The Balaban J connectivity index is -0.000000240. The number of methoxy groups -OCH3 is 2. The lowest BCUT2D eigenvalue weighted by Gasteiger charge is -2.25. The third-order valence-electron chi connectivity index (χ3n) is 1.21. The summed E-state index contributed by atoms with van der Waals surface area (Å²) in [6.07, 6.45) is -0.668. The van der Waals surface area contributed by atoms with Crippen molar-refractivity contribution in [2.24, 2.45) is 0 Å². The van der Waals surface area contributed by atoms with E-state index in [9.17, 15) is 9.46 Å². The van der Waals surface area contributed by atoms with Crippen LogP contribution in [0.2, 0.25) is 0 Å². The molecule has 0 aliphatic carbocycles. The van der Waals surface area contributed by atoms with Crippen molar-refractivity contribution >= 4 is 7.82 Å². The van der Waals surface area contributed by atoms with Crippen molar-refractivity contribution in [3.63, 3.8) is 0 Å². The van der Waals surface area contributed by atoms with Gasteiger partial charge in [0.2, 0.25) is 0 Å². The molecule has 0 amide bonds. The average molecular weight is 261 g/mol. The second kappa shape index (κ2) is 13.1. The van der Waals surface area contributed by atoms with Crippen LogP contribution in [0.3, 0.4) is 0 Å². The lowest BCUT2D eigenvalue weighted by molar-refractivity contribution is -0.230. The van der Waals surface area contributed by atoms with Gasteiger partial charge < -0.3 is 23.4 Å². The third kappa shape index (κ3) is 12.1. The smallest absolute Gasteiger partial charge is 0.268 e. The van der Waals surface area contributed by atoms with E-state index in [0.717, 1.165) is 7.11 Å². The fourth-order valence-electron chi connectivity index (χ4n) is 0.706. The molecule has 0 fully saturated rings. The van der Waals surface area contributed by atoms with Crippen molar-refractivity contribution in [1.29, 1.82) is 0 Å². The minimum Gasteiger partial charge on any atom is -0.756 e. The van der Waals surface area contributed by atoms with Crippen LogP contribution in [-0.4, -0.2) is 40.6 Å². The second-order valence-corrected chi connectivity index (χ2v) is 3.74. The molecule has 0 aromatic carbocycles. The molecule has 0 saturated carbocycles. The minimum absolute atomic E-state index is 0. The van der Waals surface area contributed by atoms with Crippen LogP contribution in [0, 0.1) is 0 Å². The first-order valence-corrected chi connectivity index (χ1v) is 5.05. The Labute approximate surface area is 99.5 Å². The highest BCUT2D eigenvalue weighted by Crippen LogP contribution is 2.38. The highest BCUT2D eigenvalue weighted by Gasteiger charge is 2.16. The Bertz CT molecular complexity index is 169. The minimum atomic E-state index is -4.20. The third-order valence-corrected chi connectivity index (χ3v) is 2.21. The number of hydrogen-bond acceptors (Lipinski definition) is 6. The number of rotatable bonds is 7. The van der Waals surface area contributed by atoms with Crippen molar-refractivity contribution in [2.75, 3.05) is 34.5 Å². The van der Waals surface area contributed by atoms with Gasteiger partial charge in [-0.3, -0.25) is 4.57 Å². The SMILES string of the molecule is C.C.C.COCC(COC)OP(=O)([O-])OC. The predicted molar refractivity (Wildman–Crippen MR) is 63.4 cm³/mol. The molecule has 104 valence electrons. The van der Waals surface area contributed by atoms with E-state index in [4.69, 9.17) is 9.47 Å². The Morgan fingerprint density at radius 3 is 1.69 bits per heavy atom. The fourth-order valence-corrected chi connectivity index (χ4v) is 1.28. The van der Waals surface area contributed by atoms with E-state index in [-0.39, 0.29) is 35.5 Å². The van der Waals surface area contributed by atoms with Crippen LogP contribution in [0.1, 0.15) is 22.3 Å². The fraction of sp³-hybridized carbons (Fsp3) is 1.00. The lowest BCUT2D eigenvalue weighted by atomic mass is 10.4. The Hall–Kier alpha value is 0.0300. The normalized spacial score (nSPS) is 13.1. The topological polar surface area (TPSA) is 77.1 Å². The summed E-state index contributed by atoms with van der Waals surface area (Å²) in [7, 11) is -0.289. The van der Waals surface area contributed by atoms with Gasteiger partial charge in [0, 0.05) is 21.3 Å². The summed E-state index contributed by atoms with van der Waals surface area (Å²) in [6, 6.07) is 0. The molecule has 0 saturated heterocycles. The zero-order valence-electron chi connectivity index (χ0n) is 7.89. The summed E-state index contributed by atoms with van der Waals surface area (Å²) >= 11 is 0. The van der Waals surface area contributed by atoms with Crippen molar-refractivity contribution in [2.45, 2.75) is 28.4 Å². The maximum atomic E-state index is 10.8. The zero-order chi connectivity index (χ0) is 10.3. The average Bonchev–Trinajstić information content (AvgIpc) is 2.05. The van der Waals surface area contributed by atoms with Crippen molar-refractivity contribution in [3.05, 3.63) is 0 Å². The van der Waals surface area contributed by atoms with Gasteiger partial charge in [0.15, 0.2) is 0 Å². The van der Waals surface area contributed by atoms with Gasteiger partial charge in [-0.15, -0.1) is 0 Å². The maximum absolute atomic E-state index is 10.8. The summed E-state index contributed by atoms with van der Waals surface area (Å²) in [5.74, 6) is 0. The zero-order valence-corrected chi connectivity index (χ0v) is 8.78. The quantitative estimate of drug-likeness (QED) is 0.649. The molecule has 6 nitrogen and oxygen atoms in total. The van der Waals surface area contributed by atoms with Crippen LogP contribution in [0.15, 0.2) is 0 Å². The molecule has 16 heavy (non-hydrogen) atoms. The highest BCUT2D eigenvalue weighted by atomic mass is 31.2. The van der Waals surface area contributed by atoms with Gasteiger partial charge in [0.25, 0.3) is 7.82 Å². The van der Waals surface area contributed by atoms with E-state index in [2.05, 4.69) is 9.05 Å². The van der Waals surface area contributed by atoms with Crippen LogP contribution in [-0.2, 0) is 23.1 Å². The largest absolute Gasteiger partial charge is 0.756 e. The first kappa shape index (κ1) is 25.0. The summed E-state index contributed by atoms with van der Waals surface area (Å²) in [5, 5.41) is 0. The number of ether oxygens (including phenoxy) is 2. The maximum Gasteiger partial charge on any atom is 0.268 e. The van der Waals surface area contributed by atoms with E-state index >= 15 is 0 Å². The summed E-state index contributed by atoms with van der Waals surface area (Å²) in [6.45, 7) is 0.257. The van der Waals surface area contributed by atoms with Crippen LogP contribution < -0.4 is 4.89 Å². The van der Waals surface area contributed by atoms with Gasteiger partial charge >= 0.3 is 0 Å². The van der Waals surface area contributed by atoms with Gasteiger partial charge in [-0.25, -0.2) is 0 Å². The summed E-state index contributed by atoms with van der Waals surface area (Å²) < 4.78 is 29.0. The van der Waals surface area contributed by atoms with Gasteiger partial charge in [-0.1, -0.05) is 22.3 Å². The number of phosphoric acid groups is 1. The standard InChI is InChI=1S/C6H15O6P.3CH4/c1-9-4-6(5-10-2)12-13(7,8)11-3;;;/h6H,4-5H2,1-3H3,(H,7,8);3*1H4/p-1. The van der Waals surface area contributed by atoms with Crippen LogP contribution in [0.25, 0.3) is 0 Å². The molecule has 0 spiro atoms. The molecule has 1 unspecified atom stereocenters. The predicted octanol–water partition coefficient (Wildman–Crippen LogP) is 1.69. The Morgan fingerprint density at radius 2 is 1.44 bits per heavy atom. The molecular weight excluding hydrogens is 235 g/mol. The van der Waals surface area contributed by atoms with E-state index < -0.39 is 13.9 Å². The molecular formula is C9H26O6P-. The molecule has 0 aliphatic rings.